The molecule has 0 aromatic heterocycles. The molecule has 10 nitrogen and oxygen atoms in total. The van der Waals surface area contributed by atoms with Crippen LogP contribution in [0.5, 0.6) is 0 Å². The van der Waals surface area contributed by atoms with Gasteiger partial charge in [-0.15, -0.1) is 0 Å². The Morgan fingerprint density at radius 1 is 0.256 bits per heavy atom. The van der Waals surface area contributed by atoms with Crippen LogP contribution in [-0.4, -0.2) is 55.3 Å². The minimum Gasteiger partial charge on any atom is -0.329 e. The molecular formula is C119H156N10. The van der Waals surface area contributed by atoms with Crippen molar-refractivity contribution in [2.45, 2.75) is 339 Å². The van der Waals surface area contributed by atoms with Gasteiger partial charge in [-0.2, -0.15) is 0 Å². The molecule has 7 fully saturated rings. The Hall–Kier alpha value is -9.28. The summed E-state index contributed by atoms with van der Waals surface area (Å²) in [6.07, 6.45) is 55.7. The quantitative estimate of drug-likeness (QED) is 0.112. The summed E-state index contributed by atoms with van der Waals surface area (Å²) in [5, 5.41) is 0. The van der Waals surface area contributed by atoms with Crippen molar-refractivity contribution < 1.29 is 23.3 Å². The predicted octanol–water partition coefficient (Wildman–Crippen LogP) is 30.8. The number of para-hydroxylation sites is 5. The highest BCUT2D eigenvalue weighted by molar-refractivity contribution is 5.68. The Kier molecular flexibility index (Phi) is 20.4. The van der Waals surface area contributed by atoms with E-state index in [1.165, 1.54) is 165 Å². The van der Waals surface area contributed by atoms with Gasteiger partial charge in [0, 0.05) is 157 Å². The van der Waals surface area contributed by atoms with Gasteiger partial charge in [-0.25, -0.2) is 0 Å². The minimum atomic E-state index is -2.19. The summed E-state index contributed by atoms with van der Waals surface area (Å²) in [6.45, 7) is 9.97. The maximum Gasteiger partial charge on any atom is 0.107 e. The summed E-state index contributed by atoms with van der Waals surface area (Å²) in [7, 11) is 0. The Bertz CT molecular complexity index is 6050. The first-order valence-corrected chi connectivity index (χ1v) is 50.3. The Labute approximate surface area is 803 Å². The molecule has 9 unspecified atom stereocenters. The fourth-order valence-corrected chi connectivity index (χ4v) is 27.9. The molecule has 0 N–H and O–H groups in total. The van der Waals surface area contributed by atoms with Crippen LogP contribution < -0.4 is 24.5 Å². The van der Waals surface area contributed by atoms with Gasteiger partial charge in [0.1, 0.15) is 30.8 Å². The molecule has 6 aromatic rings. The molecule has 7 saturated carbocycles. The van der Waals surface area contributed by atoms with E-state index in [0.29, 0.717) is 29.6 Å². The van der Waals surface area contributed by atoms with Crippen LogP contribution in [0, 0.1) is 98.7 Å². The monoisotopic (exact) mass is 1740 g/mol. The van der Waals surface area contributed by atoms with Gasteiger partial charge in [0.15, 0.2) is 0 Å². The van der Waals surface area contributed by atoms with E-state index >= 15 is 0 Å². The number of benzene rings is 6. The third-order valence-electron chi connectivity index (χ3n) is 34.0. The molecule has 0 spiro atoms. The van der Waals surface area contributed by atoms with Crippen LogP contribution in [0.15, 0.2) is 270 Å². The lowest BCUT2D eigenvalue weighted by molar-refractivity contribution is 0.121. The summed E-state index contributed by atoms with van der Waals surface area (Å²) >= 11 is 0. The number of anilines is 5. The maximum atomic E-state index is 9.34. The molecule has 23 rings (SSSR count). The Morgan fingerprint density at radius 2 is 0.512 bits per heavy atom. The lowest BCUT2D eigenvalue weighted by Crippen LogP contribution is -2.40. The van der Waals surface area contributed by atoms with Crippen LogP contribution in [0.25, 0.3) is 0 Å². The number of rotatable bonds is 13. The molecule has 0 amide bonds. The fourth-order valence-electron chi connectivity index (χ4n) is 27.9. The van der Waals surface area contributed by atoms with E-state index < -0.39 is 76.9 Å². The first kappa shape index (κ1) is 70.5. The average molecular weight is 1740 g/mol. The Balaban J connectivity index is 0.000000115. The first-order valence-electron chi connectivity index (χ1n) is 58.8. The number of fused-ring (bicyclic) bond motifs is 5. The van der Waals surface area contributed by atoms with Crippen molar-refractivity contribution in [2.75, 3.05) is 24.5 Å². The van der Waals surface area contributed by atoms with E-state index in [9.17, 15) is 2.74 Å². The van der Waals surface area contributed by atoms with Gasteiger partial charge >= 0.3 is 0 Å². The van der Waals surface area contributed by atoms with Crippen molar-refractivity contribution in [3.8, 4) is 0 Å². The van der Waals surface area contributed by atoms with Crippen molar-refractivity contribution >= 4 is 28.4 Å². The van der Waals surface area contributed by atoms with E-state index in [1.54, 1.807) is 0 Å². The van der Waals surface area contributed by atoms with Crippen LogP contribution in [0.2, 0.25) is 0 Å². The molecule has 10 heterocycles. The highest BCUT2D eigenvalue weighted by Gasteiger charge is 2.59. The van der Waals surface area contributed by atoms with Crippen molar-refractivity contribution in [2.24, 2.45) is 64.0 Å². The van der Waals surface area contributed by atoms with Gasteiger partial charge in [0.05, 0.1) is 11.1 Å². The zero-order chi connectivity index (χ0) is 103. The molecule has 9 atom stereocenters. The van der Waals surface area contributed by atoms with Gasteiger partial charge in [-0.1, -0.05) is 261 Å². The molecule has 10 heteroatoms. The van der Waals surface area contributed by atoms with Crippen LogP contribution in [0.4, 0.5) is 28.4 Å². The maximum absolute atomic E-state index is 9.34. The van der Waals surface area contributed by atoms with E-state index in [0.717, 1.165) is 153 Å². The summed E-state index contributed by atoms with van der Waals surface area (Å²) in [5.41, 5.74) is 21.9. The van der Waals surface area contributed by atoms with Crippen LogP contribution in [0.3, 0.4) is 0 Å². The molecule has 0 saturated heterocycles. The second-order valence-corrected chi connectivity index (χ2v) is 40.9. The number of allylic oxidation sites excluding steroid dienone is 10. The first-order chi connectivity index (χ1) is 69.6. The third-order valence-corrected chi connectivity index (χ3v) is 34.0. The fraction of sp³-hybridized carbons (Fsp3) is 0.529. The highest BCUT2D eigenvalue weighted by Crippen LogP contribution is 2.65. The van der Waals surface area contributed by atoms with Gasteiger partial charge in [-0.3, -0.25) is 0 Å². The number of aryl methyl sites for hydroxylation is 5. The third kappa shape index (κ3) is 15.4. The van der Waals surface area contributed by atoms with Crippen molar-refractivity contribution in [3.05, 3.63) is 303 Å². The van der Waals surface area contributed by atoms with Gasteiger partial charge < -0.3 is 49.0 Å². The summed E-state index contributed by atoms with van der Waals surface area (Å²) in [5.74, 6) is 1.89. The van der Waals surface area contributed by atoms with E-state index in [2.05, 4.69) is 174 Å². The predicted molar refractivity (Wildman–Crippen MR) is 542 cm³/mol. The molecule has 0 radical (unpaired) electrons. The lowest BCUT2D eigenvalue weighted by Gasteiger charge is -2.45. The van der Waals surface area contributed by atoms with Crippen LogP contribution in [0.1, 0.15) is 325 Å². The van der Waals surface area contributed by atoms with Crippen LogP contribution >= 0.6 is 0 Å². The zero-order valence-corrected chi connectivity index (χ0v) is 79.0. The molecule has 129 heavy (non-hydrogen) atoms. The molecule has 0 bridgehead atoms. The number of hydrogen-bond acceptors (Lipinski definition) is 10. The SMILES string of the molecule is [2H]C([2H])([2H])C1N2C=CC(C3CCCC3)(C3CCCC3)C2=C(C)N1c1ccccc1C.[2H]C([2H])([2H])C1N2C=CC(C3CCCCC3)(C3CCCC3)C2=C(C)N1c1ccccc1C.[2H]C([2H])([2H])C1N2C=CC([2H])(C3CCCC3)C2=C(C)N1c1ccccc1C.[2H]C([2H])([2H])C1N2C=CC([2H])(C3CCCCC3)C2=C(C)N1c1ccccc1C.[2H]C([2H])([2H])C1N2C=CC(c3ccccc3)(C3CCCCC3)C2=C(C)N1c1ccccc1C. The van der Waals surface area contributed by atoms with Gasteiger partial charge in [-0.05, 0) is 299 Å². The molecule has 6 aromatic carbocycles. The largest absolute Gasteiger partial charge is 0.329 e. The second-order valence-electron chi connectivity index (χ2n) is 40.9. The van der Waals surface area contributed by atoms with Gasteiger partial charge in [0.2, 0.25) is 0 Å². The Morgan fingerprint density at radius 3 is 0.837 bits per heavy atom. The van der Waals surface area contributed by atoms with Crippen molar-refractivity contribution in [3.63, 3.8) is 0 Å². The number of hydrogen-bond donors (Lipinski definition) is 0. The topological polar surface area (TPSA) is 32.4 Å². The van der Waals surface area contributed by atoms with E-state index in [1.807, 2.05) is 157 Å². The average Bonchev–Trinajstić information content (AvgIpc) is 1.50. The minimum absolute atomic E-state index is 0.00192. The number of nitrogens with zero attached hydrogens (tertiary/aromatic N) is 10. The smallest absolute Gasteiger partial charge is 0.107 e. The van der Waals surface area contributed by atoms with Gasteiger partial charge in [0.25, 0.3) is 0 Å². The highest BCUT2D eigenvalue weighted by atomic mass is 15.5. The normalized spacial score (nSPS) is 32.1. The standard InChI is InChI=1S/C27H32N2.C26H36N2.C25H34N2.C21H28N2.C20H26N2/c1-20-12-10-11-17-25(20)29-21(2)26-27(18-19-28(26)22(29)3,23-13-6-4-7-14-23)24-15-8-5-9-16-24;1-19-11-7-10-16-24(19)28-20(2)25-26(23-14-8-9-15-23,17-18-27(25)21(28)3)22-12-5-4-6-13-22;1-18-10-4-9-15-23(18)27-19(2)24-25(21-11-5-6-12-21,22-13-7-8-14-22)16-17-26(24)20(27)3;1-15-9-7-8-12-20(15)23-16(2)21-19(13-14-22(21)17(23)3)18-10-5-4-6-11-18;1-14-8-4-7-11-19(14)22-15(2)20-18(17-9-5-6-10-17)12-13-21(20)16(22)3/h4,6-7,10-14,17-19,22,24H,5,8-9,15-16H2,1-3H3;7,10-11,16-18,21-23H,4-6,8-9,12-15H2,1-3H3;4,9-10,15-17,20-22H,5-8,11-14H2,1-3H3;7-9,12-14,17-19H,4-6,10-11H2,1-3H3;4,7-8,11-13,16-18H,5-6,9-10H2,1-3H3/i3*3D3;3D3,19D;3D3,18D. The van der Waals surface area contributed by atoms with Crippen LogP contribution in [-0.2, 0) is 5.41 Å². The molecule has 10 aliphatic heterocycles. The summed E-state index contributed by atoms with van der Waals surface area (Å²) in [4.78, 5) is 20.3. The molecule has 7 aliphatic carbocycles. The van der Waals surface area contributed by atoms with E-state index in [4.69, 9.17) is 20.6 Å². The van der Waals surface area contributed by atoms with Crippen molar-refractivity contribution in [1.29, 1.82) is 0 Å². The molecule has 17 aliphatic rings. The van der Waals surface area contributed by atoms with Crippen molar-refractivity contribution in [1.82, 2.24) is 24.5 Å². The summed E-state index contributed by atoms with van der Waals surface area (Å²) in [6, 6.07) is 51.2. The summed E-state index contributed by atoms with van der Waals surface area (Å²) < 4.78 is 144. The molecule has 682 valence electrons. The zero-order valence-electron chi connectivity index (χ0n) is 96.0. The molecular weight excluding hydrogens is 1570 g/mol. The van der Waals surface area contributed by atoms with E-state index in [-0.39, 0.29) is 28.1 Å². The second kappa shape index (κ2) is 37.4. The lowest BCUT2D eigenvalue weighted by atomic mass is 9.60.